The van der Waals surface area contributed by atoms with Gasteiger partial charge >= 0.3 is 12.0 Å². The minimum absolute atomic E-state index is 0.228. The van der Waals surface area contributed by atoms with E-state index in [1.807, 2.05) is 24.4 Å². The van der Waals surface area contributed by atoms with E-state index < -0.39 is 5.97 Å². The van der Waals surface area contributed by atoms with Crippen LogP contribution in [-0.4, -0.2) is 46.5 Å². The van der Waals surface area contributed by atoms with Gasteiger partial charge in [-0.05, 0) is 18.4 Å². The van der Waals surface area contributed by atoms with Gasteiger partial charge in [0.2, 0.25) is 0 Å². The van der Waals surface area contributed by atoms with E-state index in [0.717, 1.165) is 4.88 Å². The van der Waals surface area contributed by atoms with Gasteiger partial charge in [0.15, 0.2) is 0 Å². The summed E-state index contributed by atoms with van der Waals surface area (Å²) < 4.78 is 0. The average Bonchev–Trinajstić information content (AvgIpc) is 2.87. The number of rotatable bonds is 7. The van der Waals surface area contributed by atoms with Crippen molar-refractivity contribution in [1.29, 1.82) is 0 Å². The quantitative estimate of drug-likeness (QED) is 0.780. The summed E-state index contributed by atoms with van der Waals surface area (Å²) in [6.07, 6.45) is 1.53. The Morgan fingerprint density at radius 1 is 1.47 bits per heavy atom. The van der Waals surface area contributed by atoms with Crippen LogP contribution in [0, 0.1) is 0 Å². The van der Waals surface area contributed by atoms with E-state index in [-0.39, 0.29) is 19.1 Å². The Kier molecular flexibility index (Phi) is 6.08. The molecule has 0 saturated heterocycles. The molecule has 19 heavy (non-hydrogen) atoms. The first-order valence-corrected chi connectivity index (χ1v) is 6.85. The molecule has 6 heteroatoms. The number of aliphatic carboxylic acids is 1. The lowest BCUT2D eigenvalue weighted by Crippen LogP contribution is -2.45. The molecule has 0 aliphatic carbocycles. The normalized spacial score (nSPS) is 9.95. The minimum Gasteiger partial charge on any atom is -0.480 e. The summed E-state index contributed by atoms with van der Waals surface area (Å²) in [7, 11) is 0. The highest BCUT2D eigenvalue weighted by Gasteiger charge is 2.21. The van der Waals surface area contributed by atoms with Crippen molar-refractivity contribution in [2.45, 2.75) is 13.5 Å². The third-order valence-electron chi connectivity index (χ3n) is 2.53. The molecule has 1 aromatic heterocycles. The predicted molar refractivity (Wildman–Crippen MR) is 75.2 cm³/mol. The lowest BCUT2D eigenvalue weighted by atomic mass is 10.4. The van der Waals surface area contributed by atoms with Gasteiger partial charge in [-0.1, -0.05) is 12.1 Å². The molecule has 104 valence electrons. The van der Waals surface area contributed by atoms with E-state index in [4.69, 9.17) is 5.11 Å². The van der Waals surface area contributed by atoms with Crippen LogP contribution in [0.5, 0.6) is 0 Å². The second-order valence-electron chi connectivity index (χ2n) is 3.94. The molecule has 0 fully saturated rings. The van der Waals surface area contributed by atoms with Crippen LogP contribution in [0.4, 0.5) is 4.79 Å². The van der Waals surface area contributed by atoms with Crippen molar-refractivity contribution >= 4 is 23.3 Å². The van der Waals surface area contributed by atoms with Crippen LogP contribution in [0.3, 0.4) is 0 Å². The van der Waals surface area contributed by atoms with Crippen LogP contribution in [0.2, 0.25) is 0 Å². The Hall–Kier alpha value is -1.82. The molecular weight excluding hydrogens is 264 g/mol. The van der Waals surface area contributed by atoms with Gasteiger partial charge in [0.1, 0.15) is 6.54 Å². The molecule has 0 aromatic carbocycles. The van der Waals surface area contributed by atoms with Crippen LogP contribution in [-0.2, 0) is 11.3 Å². The fourth-order valence-corrected chi connectivity index (χ4v) is 2.35. The van der Waals surface area contributed by atoms with Gasteiger partial charge < -0.3 is 14.9 Å². The second-order valence-corrected chi connectivity index (χ2v) is 4.97. The molecule has 2 amide bonds. The average molecular weight is 282 g/mol. The monoisotopic (exact) mass is 282 g/mol. The number of carboxylic acids is 1. The number of amides is 2. The van der Waals surface area contributed by atoms with Gasteiger partial charge in [0.25, 0.3) is 0 Å². The Morgan fingerprint density at radius 3 is 2.68 bits per heavy atom. The number of carboxylic acid groups (broad SMARTS) is 1. The number of urea groups is 1. The van der Waals surface area contributed by atoms with E-state index >= 15 is 0 Å². The number of carbonyl (C=O) groups is 2. The third-order valence-corrected chi connectivity index (χ3v) is 3.39. The summed E-state index contributed by atoms with van der Waals surface area (Å²) in [4.78, 5) is 27.0. The maximum Gasteiger partial charge on any atom is 0.323 e. The van der Waals surface area contributed by atoms with Crippen LogP contribution in [0.25, 0.3) is 0 Å². The second kappa shape index (κ2) is 7.58. The van der Waals surface area contributed by atoms with Crippen LogP contribution in [0.15, 0.2) is 30.2 Å². The summed E-state index contributed by atoms with van der Waals surface area (Å²) in [5.74, 6) is -1.03. The molecule has 1 aromatic rings. The van der Waals surface area contributed by atoms with E-state index in [1.54, 1.807) is 16.2 Å². The number of hydrogen-bond acceptors (Lipinski definition) is 3. The summed E-state index contributed by atoms with van der Waals surface area (Å²) in [6.45, 7) is 6.37. The highest BCUT2D eigenvalue weighted by molar-refractivity contribution is 7.09. The Labute approximate surface area is 116 Å². The van der Waals surface area contributed by atoms with Crippen LogP contribution in [0.1, 0.15) is 11.8 Å². The zero-order valence-electron chi connectivity index (χ0n) is 10.9. The third kappa shape index (κ3) is 4.75. The van der Waals surface area contributed by atoms with Gasteiger partial charge in [-0.2, -0.15) is 0 Å². The van der Waals surface area contributed by atoms with Crippen molar-refractivity contribution < 1.29 is 14.7 Å². The molecule has 5 nitrogen and oxygen atoms in total. The summed E-state index contributed by atoms with van der Waals surface area (Å²) in [6, 6.07) is 3.60. The lowest BCUT2D eigenvalue weighted by molar-refractivity contribution is -0.137. The summed E-state index contributed by atoms with van der Waals surface area (Å²) in [5.41, 5.74) is 0. The first-order valence-electron chi connectivity index (χ1n) is 5.97. The first-order chi connectivity index (χ1) is 9.08. The smallest absolute Gasteiger partial charge is 0.323 e. The fraction of sp³-hybridized carbons (Fsp3) is 0.385. The number of nitrogens with zero attached hydrogens (tertiary/aromatic N) is 2. The van der Waals surface area contributed by atoms with Gasteiger partial charge in [0.05, 0.1) is 6.54 Å². The van der Waals surface area contributed by atoms with E-state index in [1.165, 1.54) is 11.0 Å². The Morgan fingerprint density at radius 2 is 2.21 bits per heavy atom. The maximum atomic E-state index is 12.3. The zero-order valence-corrected chi connectivity index (χ0v) is 11.7. The predicted octanol–water partition coefficient (Wildman–Crippen LogP) is 2.26. The number of carbonyl (C=O) groups excluding carboxylic acids is 1. The van der Waals surface area contributed by atoms with E-state index in [2.05, 4.69) is 6.58 Å². The van der Waals surface area contributed by atoms with Crippen LogP contribution < -0.4 is 0 Å². The molecule has 0 aliphatic heterocycles. The van der Waals surface area contributed by atoms with Gasteiger partial charge in [-0.25, -0.2) is 4.79 Å². The maximum absolute atomic E-state index is 12.3. The SMILES string of the molecule is C=CCN(CC(=O)O)C(=O)N(CC)Cc1cccs1. The molecule has 0 aliphatic rings. The van der Waals surface area contributed by atoms with Crippen molar-refractivity contribution in [3.05, 3.63) is 35.0 Å². The van der Waals surface area contributed by atoms with Crippen molar-refractivity contribution in [2.24, 2.45) is 0 Å². The molecule has 0 atom stereocenters. The first kappa shape index (κ1) is 15.2. The topological polar surface area (TPSA) is 60.9 Å². The number of hydrogen-bond donors (Lipinski definition) is 1. The van der Waals surface area contributed by atoms with Crippen molar-refractivity contribution in [1.82, 2.24) is 9.80 Å². The number of thiophene rings is 1. The molecule has 1 rings (SSSR count). The van der Waals surface area contributed by atoms with Crippen molar-refractivity contribution in [3.63, 3.8) is 0 Å². The Bertz CT molecular complexity index is 431. The minimum atomic E-state index is -1.03. The fourth-order valence-electron chi connectivity index (χ4n) is 1.63. The molecule has 1 N–H and O–H groups in total. The van der Waals surface area contributed by atoms with Crippen LogP contribution >= 0.6 is 11.3 Å². The van der Waals surface area contributed by atoms with Gasteiger partial charge in [-0.3, -0.25) is 4.79 Å². The van der Waals surface area contributed by atoms with E-state index in [9.17, 15) is 9.59 Å². The molecule has 0 radical (unpaired) electrons. The van der Waals surface area contributed by atoms with Gasteiger partial charge in [-0.15, -0.1) is 17.9 Å². The largest absolute Gasteiger partial charge is 0.480 e. The summed E-state index contributed by atoms with van der Waals surface area (Å²) >= 11 is 1.57. The summed E-state index contributed by atoms with van der Waals surface area (Å²) in [5, 5.41) is 10.8. The standard InChI is InChI=1S/C13H18N2O3S/c1-3-7-15(10-12(16)17)13(18)14(4-2)9-11-6-5-8-19-11/h3,5-6,8H,1,4,7,9-10H2,2H3,(H,16,17). The molecule has 0 spiro atoms. The Balaban J connectivity index is 2.73. The molecular formula is C13H18N2O3S. The van der Waals surface area contributed by atoms with Gasteiger partial charge in [0, 0.05) is 18.0 Å². The molecule has 0 saturated carbocycles. The zero-order chi connectivity index (χ0) is 14.3. The molecule has 0 unspecified atom stereocenters. The molecule has 1 heterocycles. The highest BCUT2D eigenvalue weighted by atomic mass is 32.1. The van der Waals surface area contributed by atoms with Crippen molar-refractivity contribution in [3.8, 4) is 0 Å². The van der Waals surface area contributed by atoms with Crippen molar-refractivity contribution in [2.75, 3.05) is 19.6 Å². The van der Waals surface area contributed by atoms with E-state index in [0.29, 0.717) is 13.1 Å². The highest BCUT2D eigenvalue weighted by Crippen LogP contribution is 2.13. The molecule has 0 bridgehead atoms. The lowest BCUT2D eigenvalue weighted by Gasteiger charge is -2.27.